The maximum atomic E-state index is 12.6. The number of oxazole rings is 1. The summed E-state index contributed by atoms with van der Waals surface area (Å²) in [6.07, 6.45) is 4.76. The Morgan fingerprint density at radius 1 is 1.32 bits per heavy atom. The van der Waals surface area contributed by atoms with Crippen molar-refractivity contribution < 1.29 is 9.21 Å². The van der Waals surface area contributed by atoms with Gasteiger partial charge in [0.25, 0.3) is 5.91 Å². The fraction of sp³-hybridized carbons (Fsp3) is 0.211. The first-order valence-electron chi connectivity index (χ1n) is 8.84. The van der Waals surface area contributed by atoms with Gasteiger partial charge in [-0.25, -0.2) is 15.0 Å². The van der Waals surface area contributed by atoms with Crippen LogP contribution in [0, 0.1) is 6.92 Å². The fourth-order valence-corrected chi connectivity index (χ4v) is 3.07. The number of nitrogens with zero attached hydrogens (tertiary/aromatic N) is 5. The lowest BCUT2D eigenvalue weighted by atomic mass is 10.1. The summed E-state index contributed by atoms with van der Waals surface area (Å²) in [6, 6.07) is 5.91. The summed E-state index contributed by atoms with van der Waals surface area (Å²) in [5.74, 6) is -0.0662. The summed E-state index contributed by atoms with van der Waals surface area (Å²) in [7, 11) is 0. The molecule has 3 N–H and O–H groups in total. The number of carbonyl (C=O) groups is 1. The molecule has 9 nitrogen and oxygen atoms in total. The average Bonchev–Trinajstić information content (AvgIpc) is 3.37. The number of nitrogen functional groups attached to an aromatic ring is 1. The van der Waals surface area contributed by atoms with Crippen LogP contribution in [-0.2, 0) is 13.1 Å². The molecule has 1 aromatic carbocycles. The van der Waals surface area contributed by atoms with Crippen LogP contribution >= 0.6 is 0 Å². The van der Waals surface area contributed by atoms with Gasteiger partial charge in [-0.3, -0.25) is 9.48 Å². The number of nitrogens with one attached hydrogen (secondary N) is 1. The Morgan fingerprint density at radius 2 is 2.18 bits per heavy atom. The summed E-state index contributed by atoms with van der Waals surface area (Å²) in [5, 5.41) is 8.22. The van der Waals surface area contributed by atoms with Gasteiger partial charge in [-0.15, -0.1) is 0 Å². The van der Waals surface area contributed by atoms with E-state index in [2.05, 4.69) is 25.4 Å². The van der Waals surface area contributed by atoms with Gasteiger partial charge in [-0.1, -0.05) is 12.1 Å². The van der Waals surface area contributed by atoms with E-state index in [-0.39, 0.29) is 11.5 Å². The van der Waals surface area contributed by atoms with E-state index in [4.69, 9.17) is 10.2 Å². The van der Waals surface area contributed by atoms with Crippen molar-refractivity contribution in [2.24, 2.45) is 0 Å². The molecule has 9 heteroatoms. The highest BCUT2D eigenvalue weighted by Crippen LogP contribution is 2.21. The topological polar surface area (TPSA) is 125 Å². The molecule has 0 aliphatic rings. The zero-order chi connectivity index (χ0) is 19.7. The predicted octanol–water partition coefficient (Wildman–Crippen LogP) is 2.32. The summed E-state index contributed by atoms with van der Waals surface area (Å²) >= 11 is 0. The van der Waals surface area contributed by atoms with Crippen LogP contribution in [0.1, 0.15) is 28.7 Å². The molecule has 28 heavy (non-hydrogen) atoms. The van der Waals surface area contributed by atoms with Gasteiger partial charge >= 0.3 is 0 Å². The maximum Gasteiger partial charge on any atom is 0.273 e. The second-order valence-electron chi connectivity index (χ2n) is 6.22. The van der Waals surface area contributed by atoms with Crippen LogP contribution < -0.4 is 11.1 Å². The third-order valence-electron chi connectivity index (χ3n) is 4.46. The highest BCUT2D eigenvalue weighted by Gasteiger charge is 2.19. The van der Waals surface area contributed by atoms with Crippen molar-refractivity contribution in [1.82, 2.24) is 30.0 Å². The molecule has 0 saturated carbocycles. The Labute approximate surface area is 160 Å². The van der Waals surface area contributed by atoms with Crippen LogP contribution in [0.15, 0.2) is 41.3 Å². The van der Waals surface area contributed by atoms with E-state index in [9.17, 15) is 4.79 Å². The normalized spacial score (nSPS) is 11.1. The molecule has 0 fully saturated rings. The molecule has 0 bridgehead atoms. The van der Waals surface area contributed by atoms with Crippen molar-refractivity contribution in [2.45, 2.75) is 26.9 Å². The van der Waals surface area contributed by atoms with Crippen LogP contribution in [0.2, 0.25) is 0 Å². The first-order chi connectivity index (χ1) is 13.6. The number of rotatable bonds is 5. The number of aryl methyl sites for hydroxylation is 2. The number of anilines is 1. The molecule has 0 aliphatic carbocycles. The molecule has 4 aromatic rings. The van der Waals surface area contributed by atoms with Crippen LogP contribution in [0.3, 0.4) is 0 Å². The minimum atomic E-state index is -0.396. The van der Waals surface area contributed by atoms with Crippen molar-refractivity contribution in [3.8, 4) is 11.6 Å². The number of nitrogens with two attached hydrogens (primary N) is 1. The number of aromatic nitrogens is 5. The number of fused-ring (bicyclic) bond motifs is 1. The zero-order valence-corrected chi connectivity index (χ0v) is 15.5. The van der Waals surface area contributed by atoms with Gasteiger partial charge in [0, 0.05) is 18.5 Å². The molecule has 0 spiro atoms. The first kappa shape index (κ1) is 17.7. The fourth-order valence-electron chi connectivity index (χ4n) is 3.07. The van der Waals surface area contributed by atoms with E-state index < -0.39 is 5.91 Å². The molecule has 0 unspecified atom stereocenters. The molecule has 3 aromatic heterocycles. The highest BCUT2D eigenvalue weighted by molar-refractivity contribution is 5.97. The molecule has 0 atom stereocenters. The van der Waals surface area contributed by atoms with E-state index >= 15 is 0 Å². The Morgan fingerprint density at radius 3 is 2.93 bits per heavy atom. The molecular weight excluding hydrogens is 358 g/mol. The zero-order valence-electron chi connectivity index (χ0n) is 15.5. The SMILES string of the molecule is CCn1ncc2c(CNC(=O)c3nc(C)c(-c4ncco4)nc3N)cccc21. The van der Waals surface area contributed by atoms with Gasteiger partial charge in [-0.05, 0) is 25.5 Å². The van der Waals surface area contributed by atoms with Crippen molar-refractivity contribution >= 4 is 22.6 Å². The Kier molecular flexibility index (Phi) is 4.48. The van der Waals surface area contributed by atoms with Crippen LogP contribution in [0.25, 0.3) is 22.5 Å². The highest BCUT2D eigenvalue weighted by atomic mass is 16.3. The van der Waals surface area contributed by atoms with Crippen molar-refractivity contribution in [3.05, 3.63) is 53.8 Å². The average molecular weight is 377 g/mol. The molecule has 1 amide bonds. The van der Waals surface area contributed by atoms with Gasteiger partial charge in [0.2, 0.25) is 5.89 Å². The lowest BCUT2D eigenvalue weighted by Gasteiger charge is -2.10. The quantitative estimate of drug-likeness (QED) is 0.547. The monoisotopic (exact) mass is 377 g/mol. The largest absolute Gasteiger partial charge is 0.443 e. The van der Waals surface area contributed by atoms with E-state index in [1.54, 1.807) is 6.92 Å². The van der Waals surface area contributed by atoms with Gasteiger partial charge in [0.05, 0.1) is 23.6 Å². The molecule has 3 heterocycles. The third kappa shape index (κ3) is 3.07. The van der Waals surface area contributed by atoms with Crippen LogP contribution in [-0.4, -0.2) is 30.6 Å². The lowest BCUT2D eigenvalue weighted by molar-refractivity contribution is 0.0946. The molecule has 0 saturated heterocycles. The molecule has 0 aliphatic heterocycles. The number of benzene rings is 1. The first-order valence-corrected chi connectivity index (χ1v) is 8.84. The summed E-state index contributed by atoms with van der Waals surface area (Å²) in [6.45, 7) is 4.87. The molecule has 4 rings (SSSR count). The summed E-state index contributed by atoms with van der Waals surface area (Å²) in [5.41, 5.74) is 8.95. The van der Waals surface area contributed by atoms with Crippen molar-refractivity contribution in [3.63, 3.8) is 0 Å². The minimum Gasteiger partial charge on any atom is -0.443 e. The van der Waals surface area contributed by atoms with Crippen molar-refractivity contribution in [1.29, 1.82) is 0 Å². The van der Waals surface area contributed by atoms with Gasteiger partial charge in [0.1, 0.15) is 12.0 Å². The minimum absolute atomic E-state index is 0.0216. The number of hydrogen-bond donors (Lipinski definition) is 2. The number of carbonyl (C=O) groups excluding carboxylic acids is 1. The summed E-state index contributed by atoms with van der Waals surface area (Å²) in [4.78, 5) is 25.2. The van der Waals surface area contributed by atoms with E-state index in [0.29, 0.717) is 23.8 Å². The molecular formula is C19H19N7O2. The number of amides is 1. The van der Waals surface area contributed by atoms with E-state index in [0.717, 1.165) is 23.0 Å². The van der Waals surface area contributed by atoms with Crippen molar-refractivity contribution in [2.75, 3.05) is 5.73 Å². The second kappa shape index (κ2) is 7.10. The number of hydrogen-bond acceptors (Lipinski definition) is 7. The standard InChI is InChI=1S/C19H19N7O2/c1-3-26-14-6-4-5-12(13(14)10-23-26)9-22-18(27)16-17(20)25-15(11(2)24-16)19-21-7-8-28-19/h4-8,10H,3,9H2,1-2H3,(H2,20,25)(H,22,27). The molecule has 142 valence electrons. The maximum absolute atomic E-state index is 12.6. The van der Waals surface area contributed by atoms with Gasteiger partial charge < -0.3 is 15.5 Å². The Balaban J connectivity index is 1.56. The van der Waals surface area contributed by atoms with Crippen LogP contribution in [0.5, 0.6) is 0 Å². The van der Waals surface area contributed by atoms with Gasteiger partial charge in [-0.2, -0.15) is 5.10 Å². The second-order valence-corrected chi connectivity index (χ2v) is 6.22. The Hall–Kier alpha value is -3.75. The van der Waals surface area contributed by atoms with E-state index in [1.165, 1.54) is 12.5 Å². The van der Waals surface area contributed by atoms with E-state index in [1.807, 2.05) is 36.0 Å². The Bertz CT molecular complexity index is 1150. The molecule has 0 radical (unpaired) electrons. The summed E-state index contributed by atoms with van der Waals surface area (Å²) < 4.78 is 7.15. The predicted molar refractivity (Wildman–Crippen MR) is 103 cm³/mol. The van der Waals surface area contributed by atoms with Gasteiger partial charge in [0.15, 0.2) is 11.5 Å². The van der Waals surface area contributed by atoms with Crippen LogP contribution in [0.4, 0.5) is 5.82 Å². The lowest BCUT2D eigenvalue weighted by Crippen LogP contribution is -2.26. The smallest absolute Gasteiger partial charge is 0.273 e. The third-order valence-corrected chi connectivity index (χ3v) is 4.46.